The minimum absolute atomic E-state index is 0.255. The number of pyridine rings is 1. The van der Waals surface area contributed by atoms with Crippen LogP contribution in [0.4, 0.5) is 4.39 Å². The summed E-state index contributed by atoms with van der Waals surface area (Å²) in [6, 6.07) is 12.0. The summed E-state index contributed by atoms with van der Waals surface area (Å²) in [5.41, 5.74) is 1.72. The average Bonchev–Trinajstić information content (AvgIpc) is 2.28. The number of para-hydroxylation sites is 1. The van der Waals surface area contributed by atoms with Gasteiger partial charge in [0.25, 0.3) is 0 Å². The maximum Gasteiger partial charge on any atom is 0.165 e. The average molecular weight is 217 g/mol. The molecular weight excluding hydrogens is 205 g/mol. The SMILES string of the molecule is Cc1cccc(COc2ccccc2F)n1. The smallest absolute Gasteiger partial charge is 0.165 e. The highest BCUT2D eigenvalue weighted by molar-refractivity contribution is 5.24. The van der Waals surface area contributed by atoms with Crippen LogP contribution in [0.2, 0.25) is 0 Å². The summed E-state index contributed by atoms with van der Waals surface area (Å²) in [5, 5.41) is 0. The van der Waals surface area contributed by atoms with Crippen molar-refractivity contribution in [1.29, 1.82) is 0 Å². The Bertz CT molecular complexity index is 485. The van der Waals surface area contributed by atoms with E-state index in [0.29, 0.717) is 0 Å². The van der Waals surface area contributed by atoms with E-state index in [2.05, 4.69) is 4.98 Å². The highest BCUT2D eigenvalue weighted by atomic mass is 19.1. The minimum Gasteiger partial charge on any atom is -0.484 e. The van der Waals surface area contributed by atoms with Crippen LogP contribution in [0.3, 0.4) is 0 Å². The second kappa shape index (κ2) is 4.75. The van der Waals surface area contributed by atoms with Crippen molar-refractivity contribution < 1.29 is 9.13 Å². The van der Waals surface area contributed by atoms with Crippen LogP contribution < -0.4 is 4.74 Å². The van der Waals surface area contributed by atoms with E-state index in [4.69, 9.17) is 4.74 Å². The summed E-state index contributed by atoms with van der Waals surface area (Å²) >= 11 is 0. The highest BCUT2D eigenvalue weighted by Gasteiger charge is 2.02. The molecule has 0 saturated heterocycles. The first-order valence-corrected chi connectivity index (χ1v) is 5.05. The number of nitrogens with zero attached hydrogens (tertiary/aromatic N) is 1. The fourth-order valence-corrected chi connectivity index (χ4v) is 1.39. The molecule has 0 aliphatic carbocycles. The molecule has 0 saturated carbocycles. The summed E-state index contributed by atoms with van der Waals surface area (Å²) < 4.78 is 18.6. The van der Waals surface area contributed by atoms with Crippen LogP contribution in [0.5, 0.6) is 5.75 Å². The van der Waals surface area contributed by atoms with Gasteiger partial charge in [-0.3, -0.25) is 4.98 Å². The van der Waals surface area contributed by atoms with Gasteiger partial charge in [0.05, 0.1) is 5.69 Å². The van der Waals surface area contributed by atoms with Crippen LogP contribution >= 0.6 is 0 Å². The summed E-state index contributed by atoms with van der Waals surface area (Å²) in [5.74, 6) is -0.0963. The molecule has 2 rings (SSSR count). The lowest BCUT2D eigenvalue weighted by atomic mass is 10.3. The number of aryl methyl sites for hydroxylation is 1. The number of hydrogen-bond acceptors (Lipinski definition) is 2. The molecule has 0 aliphatic rings. The van der Waals surface area contributed by atoms with Crippen LogP contribution in [0, 0.1) is 12.7 Å². The van der Waals surface area contributed by atoms with E-state index in [1.807, 2.05) is 25.1 Å². The zero-order valence-corrected chi connectivity index (χ0v) is 8.98. The largest absolute Gasteiger partial charge is 0.484 e. The van der Waals surface area contributed by atoms with Crippen molar-refractivity contribution in [1.82, 2.24) is 4.98 Å². The van der Waals surface area contributed by atoms with E-state index in [1.165, 1.54) is 6.07 Å². The zero-order chi connectivity index (χ0) is 11.4. The first-order chi connectivity index (χ1) is 7.75. The minimum atomic E-state index is -0.352. The second-order valence-electron chi connectivity index (χ2n) is 3.49. The molecule has 1 aromatic heterocycles. The number of aromatic nitrogens is 1. The quantitative estimate of drug-likeness (QED) is 0.788. The monoisotopic (exact) mass is 217 g/mol. The van der Waals surface area contributed by atoms with Gasteiger partial charge in [-0.25, -0.2) is 4.39 Å². The van der Waals surface area contributed by atoms with E-state index in [0.717, 1.165) is 11.4 Å². The fourth-order valence-electron chi connectivity index (χ4n) is 1.39. The van der Waals surface area contributed by atoms with Gasteiger partial charge in [-0.05, 0) is 31.2 Å². The summed E-state index contributed by atoms with van der Waals surface area (Å²) in [4.78, 5) is 4.27. The van der Waals surface area contributed by atoms with Gasteiger partial charge in [0.2, 0.25) is 0 Å². The Kier molecular flexibility index (Phi) is 3.15. The number of ether oxygens (including phenoxy) is 1. The molecule has 0 unspecified atom stereocenters. The number of halogens is 1. The van der Waals surface area contributed by atoms with Gasteiger partial charge in [-0.1, -0.05) is 18.2 Å². The van der Waals surface area contributed by atoms with Gasteiger partial charge < -0.3 is 4.74 Å². The summed E-state index contributed by atoms with van der Waals surface area (Å²) in [6.45, 7) is 2.19. The molecule has 1 heterocycles. The maximum atomic E-state index is 13.2. The molecule has 0 fully saturated rings. The van der Waals surface area contributed by atoms with Crippen LogP contribution in [-0.4, -0.2) is 4.98 Å². The molecule has 2 aromatic rings. The Hall–Kier alpha value is -1.90. The molecule has 16 heavy (non-hydrogen) atoms. The topological polar surface area (TPSA) is 22.1 Å². The van der Waals surface area contributed by atoms with E-state index < -0.39 is 0 Å². The van der Waals surface area contributed by atoms with Crippen molar-refractivity contribution in [2.45, 2.75) is 13.5 Å². The van der Waals surface area contributed by atoms with Crippen molar-refractivity contribution in [2.75, 3.05) is 0 Å². The van der Waals surface area contributed by atoms with Crippen molar-refractivity contribution in [3.63, 3.8) is 0 Å². The van der Waals surface area contributed by atoms with Crippen molar-refractivity contribution >= 4 is 0 Å². The number of benzene rings is 1. The lowest BCUT2D eigenvalue weighted by molar-refractivity contribution is 0.286. The normalized spacial score (nSPS) is 10.1. The summed E-state index contributed by atoms with van der Waals surface area (Å²) in [7, 11) is 0. The van der Waals surface area contributed by atoms with Gasteiger partial charge in [0.15, 0.2) is 11.6 Å². The first-order valence-electron chi connectivity index (χ1n) is 5.05. The molecule has 0 spiro atoms. The Balaban J connectivity index is 2.05. The highest BCUT2D eigenvalue weighted by Crippen LogP contribution is 2.16. The Labute approximate surface area is 93.7 Å². The van der Waals surface area contributed by atoms with Crippen LogP contribution in [0.25, 0.3) is 0 Å². The van der Waals surface area contributed by atoms with Crippen molar-refractivity contribution in [3.8, 4) is 5.75 Å². The molecule has 1 aromatic carbocycles. The van der Waals surface area contributed by atoms with Crippen LogP contribution in [0.1, 0.15) is 11.4 Å². The standard InChI is InChI=1S/C13H12FNO/c1-10-5-4-6-11(15-10)9-16-13-8-3-2-7-12(13)14/h2-8H,9H2,1H3. The first kappa shape index (κ1) is 10.6. The number of hydrogen-bond donors (Lipinski definition) is 0. The van der Waals surface area contributed by atoms with Crippen molar-refractivity contribution in [2.24, 2.45) is 0 Å². The molecule has 0 bridgehead atoms. The molecule has 0 N–H and O–H groups in total. The molecular formula is C13H12FNO. The van der Waals surface area contributed by atoms with Crippen molar-refractivity contribution in [3.05, 3.63) is 59.7 Å². The summed E-state index contributed by atoms with van der Waals surface area (Å²) in [6.07, 6.45) is 0. The third-order valence-electron chi connectivity index (χ3n) is 2.16. The molecule has 0 amide bonds. The third-order valence-corrected chi connectivity index (χ3v) is 2.16. The second-order valence-corrected chi connectivity index (χ2v) is 3.49. The van der Waals surface area contributed by atoms with Gasteiger partial charge >= 0.3 is 0 Å². The predicted octanol–water partition coefficient (Wildman–Crippen LogP) is 3.11. The molecule has 3 heteroatoms. The zero-order valence-electron chi connectivity index (χ0n) is 8.98. The molecule has 0 aliphatic heterocycles. The molecule has 0 radical (unpaired) electrons. The van der Waals surface area contributed by atoms with Gasteiger partial charge in [-0.2, -0.15) is 0 Å². The number of rotatable bonds is 3. The molecule has 0 atom stereocenters. The maximum absolute atomic E-state index is 13.2. The Morgan fingerprint density at radius 2 is 1.94 bits per heavy atom. The van der Waals surface area contributed by atoms with Crippen LogP contribution in [0.15, 0.2) is 42.5 Å². The fraction of sp³-hybridized carbons (Fsp3) is 0.154. The Morgan fingerprint density at radius 3 is 2.69 bits per heavy atom. The van der Waals surface area contributed by atoms with Crippen LogP contribution in [-0.2, 0) is 6.61 Å². The van der Waals surface area contributed by atoms with E-state index >= 15 is 0 Å². The van der Waals surface area contributed by atoms with E-state index in [1.54, 1.807) is 18.2 Å². The predicted molar refractivity (Wildman–Crippen MR) is 59.7 cm³/mol. The van der Waals surface area contributed by atoms with Gasteiger partial charge in [0, 0.05) is 5.69 Å². The van der Waals surface area contributed by atoms with E-state index in [9.17, 15) is 4.39 Å². The lowest BCUT2D eigenvalue weighted by Gasteiger charge is -2.06. The van der Waals surface area contributed by atoms with Gasteiger partial charge in [-0.15, -0.1) is 0 Å². The molecule has 82 valence electrons. The lowest BCUT2D eigenvalue weighted by Crippen LogP contribution is -2.00. The van der Waals surface area contributed by atoms with E-state index in [-0.39, 0.29) is 18.2 Å². The third kappa shape index (κ3) is 2.57. The Morgan fingerprint density at radius 1 is 1.12 bits per heavy atom. The van der Waals surface area contributed by atoms with Gasteiger partial charge in [0.1, 0.15) is 6.61 Å². The molecule has 2 nitrogen and oxygen atoms in total.